The maximum Gasteiger partial charge on any atom is 0.338 e. The minimum Gasteiger partial charge on any atom is -0.456 e. The molecule has 3 aromatic carbocycles. The lowest BCUT2D eigenvalue weighted by molar-refractivity contribution is -0.380. The van der Waals surface area contributed by atoms with Crippen molar-refractivity contribution in [1.29, 1.82) is 0 Å². The summed E-state index contributed by atoms with van der Waals surface area (Å²) < 4.78 is 57.1. The maximum atomic E-state index is 16.6. The molecule has 2 saturated carbocycles. The number of carbonyl (C=O) groups excluding carboxylic acids is 6. The highest BCUT2D eigenvalue weighted by Gasteiger charge is 2.79. The Hall–Kier alpha value is -5.94. The Morgan fingerprint density at radius 1 is 0.831 bits per heavy atom. The van der Waals surface area contributed by atoms with Gasteiger partial charge in [0.2, 0.25) is 0 Å². The van der Waals surface area contributed by atoms with E-state index in [2.05, 4.69) is 5.32 Å². The molecule has 3 saturated heterocycles. The first-order chi connectivity index (χ1) is 36.4. The number of ketones is 1. The van der Waals surface area contributed by atoms with Crippen molar-refractivity contribution < 1.29 is 86.7 Å². The summed E-state index contributed by atoms with van der Waals surface area (Å²) in [5.41, 5.74) is -7.43. The lowest BCUT2D eigenvalue weighted by Crippen LogP contribution is -2.82. The summed E-state index contributed by atoms with van der Waals surface area (Å²) in [5.74, 6) is -6.99. The number of nitrogens with zero attached hydrogens (tertiary/aromatic N) is 1. The minimum absolute atomic E-state index is 0.0209. The van der Waals surface area contributed by atoms with E-state index in [4.69, 9.17) is 42.6 Å². The molecular formula is C57H68N2O18. The third-order valence-electron chi connectivity index (χ3n) is 16.8. The normalized spacial score (nSPS) is 35.9. The Kier molecular flexibility index (Phi) is 15.5. The van der Waals surface area contributed by atoms with Crippen LogP contribution in [-0.2, 0) is 61.8 Å². The third kappa shape index (κ3) is 9.79. The van der Waals surface area contributed by atoms with E-state index >= 15 is 4.79 Å². The summed E-state index contributed by atoms with van der Waals surface area (Å²) in [6.07, 6.45) is -15.5. The van der Waals surface area contributed by atoms with Gasteiger partial charge in [-0.1, -0.05) is 80.6 Å². The molecule has 3 aromatic rings. The molecule has 414 valence electrons. The monoisotopic (exact) mass is 1070 g/mol. The summed E-state index contributed by atoms with van der Waals surface area (Å²) in [6, 6.07) is 22.0. The Labute approximate surface area is 446 Å². The standard InChI is InChI=1S/C57H68N2O18/c1-29-36(73-52(67)43(62)41(33-19-13-10-14-20-33)58-50(65)34-21-15-11-16-22-34)26-57(68)49(76-51(66)35-23-17-12-18-24-35)47-55(7,48(64)46(71-30(2)60)40(29)54(57,5)6)38(25-39-56(47,28-70-39)77-31(3)61)75-53-42(59(8)9)44(63)45-37(74-53)27-69-32(4)72-45/h10-24,32,36-39,41-47,49,53,62-63,68H,25-28H2,1-9H3,(H,58,65)/t32-,36+,37-,38+,39-,41+,42-,43-,44-,45-,46-,47+,49+,53+,55-,56+,57-/m1/s1. The van der Waals surface area contributed by atoms with E-state index < -0.39 is 150 Å². The van der Waals surface area contributed by atoms with E-state index in [0.717, 1.165) is 6.92 Å². The second kappa shape index (κ2) is 21.4. The Morgan fingerprint density at radius 3 is 2.04 bits per heavy atom. The number of ether oxygens (including phenoxy) is 9. The van der Waals surface area contributed by atoms with Crippen molar-refractivity contribution in [3.8, 4) is 0 Å². The Morgan fingerprint density at radius 2 is 1.45 bits per heavy atom. The van der Waals surface area contributed by atoms with E-state index in [1.807, 2.05) is 0 Å². The number of aliphatic hydroxyl groups excluding tert-OH is 2. The molecule has 3 heterocycles. The van der Waals surface area contributed by atoms with Crippen LogP contribution in [0.1, 0.15) is 93.6 Å². The molecule has 3 aliphatic carbocycles. The van der Waals surface area contributed by atoms with Crippen LogP contribution in [-0.4, -0.2) is 168 Å². The van der Waals surface area contributed by atoms with Crippen LogP contribution in [0.25, 0.3) is 0 Å². The van der Waals surface area contributed by atoms with Crippen molar-refractivity contribution in [2.24, 2.45) is 16.7 Å². The molecule has 20 nitrogen and oxygen atoms in total. The number of rotatable bonds is 13. The van der Waals surface area contributed by atoms with E-state index in [1.165, 1.54) is 26.0 Å². The van der Waals surface area contributed by atoms with Crippen molar-refractivity contribution in [2.75, 3.05) is 27.3 Å². The third-order valence-corrected chi connectivity index (χ3v) is 16.8. The zero-order chi connectivity index (χ0) is 55.5. The minimum atomic E-state index is -2.48. The van der Waals surface area contributed by atoms with E-state index in [0.29, 0.717) is 5.56 Å². The molecule has 0 unspecified atom stereocenters. The first-order valence-corrected chi connectivity index (χ1v) is 25.9. The molecule has 77 heavy (non-hydrogen) atoms. The summed E-state index contributed by atoms with van der Waals surface area (Å²) in [7, 11) is 3.41. The van der Waals surface area contributed by atoms with E-state index in [-0.39, 0.29) is 41.9 Å². The van der Waals surface area contributed by atoms with Gasteiger partial charge in [-0.05, 0) is 75.8 Å². The number of carbonyl (C=O) groups is 6. The number of benzene rings is 3. The van der Waals surface area contributed by atoms with E-state index in [9.17, 15) is 39.3 Å². The number of likely N-dealkylation sites (N-methyl/N-ethyl adjacent to an activating group) is 1. The van der Waals surface area contributed by atoms with Gasteiger partial charge in [0, 0.05) is 37.7 Å². The molecule has 20 heteroatoms. The SMILES string of the molecule is CC(=O)O[C@H]1C(=O)[C@]2(C)[C@@H](O[C@@H]3O[C@@H]4CO[C@@H](C)O[C@H]4[C@H](O)[C@H]3N(C)C)C[C@H]3OC[C@@]3(OC(C)=O)[C@H]2[C@H](OC(=O)c2ccccc2)[C@]2(O)C[C@H](OC(=O)[C@H](O)[C@@H](NC(=O)c3ccccc3)c3ccccc3)C(C)=C1C2(C)C. The van der Waals surface area contributed by atoms with Crippen LogP contribution in [0.2, 0.25) is 0 Å². The van der Waals surface area contributed by atoms with Crippen molar-refractivity contribution in [3.05, 3.63) is 119 Å². The van der Waals surface area contributed by atoms with Gasteiger partial charge in [0.05, 0.1) is 48.3 Å². The average Bonchev–Trinajstić information content (AvgIpc) is 3.11. The summed E-state index contributed by atoms with van der Waals surface area (Å²) in [5, 5.41) is 41.0. The topological polar surface area (TPSA) is 261 Å². The molecule has 2 bridgehead atoms. The predicted octanol–water partition coefficient (Wildman–Crippen LogP) is 3.54. The van der Waals surface area contributed by atoms with Crippen molar-refractivity contribution >= 4 is 35.6 Å². The quantitative estimate of drug-likeness (QED) is 0.108. The highest BCUT2D eigenvalue weighted by molar-refractivity contribution is 5.96. The largest absolute Gasteiger partial charge is 0.456 e. The fraction of sp³-hybridized carbons (Fsp3) is 0.544. The number of hydrogen-bond donors (Lipinski definition) is 4. The Bertz CT molecular complexity index is 2760. The molecule has 1 amide bonds. The lowest BCUT2D eigenvalue weighted by Gasteiger charge is -2.68. The summed E-state index contributed by atoms with van der Waals surface area (Å²) in [4.78, 5) is 88.6. The van der Waals surface area contributed by atoms with Crippen molar-refractivity contribution in [2.45, 2.75) is 152 Å². The Balaban J connectivity index is 1.21. The maximum absolute atomic E-state index is 16.6. The van der Waals surface area contributed by atoms with Crippen LogP contribution >= 0.6 is 0 Å². The molecule has 6 aliphatic rings. The highest BCUT2D eigenvalue weighted by atomic mass is 16.8. The second-order valence-corrected chi connectivity index (χ2v) is 22.0. The predicted molar refractivity (Wildman–Crippen MR) is 269 cm³/mol. The number of esters is 4. The highest BCUT2D eigenvalue weighted by Crippen LogP contribution is 2.65. The number of hydrogen-bond acceptors (Lipinski definition) is 19. The van der Waals surface area contributed by atoms with Crippen LogP contribution in [0.15, 0.2) is 102 Å². The molecular weight excluding hydrogens is 1000 g/mol. The van der Waals surface area contributed by atoms with Crippen molar-refractivity contribution in [1.82, 2.24) is 10.2 Å². The van der Waals surface area contributed by atoms with Crippen LogP contribution in [0.3, 0.4) is 0 Å². The molecule has 17 atom stereocenters. The van der Waals surface area contributed by atoms with Gasteiger partial charge in [0.15, 0.2) is 36.2 Å². The van der Waals surface area contributed by atoms with Gasteiger partial charge in [-0.15, -0.1) is 0 Å². The van der Waals surface area contributed by atoms with Gasteiger partial charge in [-0.3, -0.25) is 24.1 Å². The number of fused-ring (bicyclic) bond motifs is 6. The van der Waals surface area contributed by atoms with Gasteiger partial charge >= 0.3 is 23.9 Å². The number of nitrogens with one attached hydrogen (secondary N) is 1. The average molecular weight is 1070 g/mol. The van der Waals surface area contributed by atoms with Crippen LogP contribution in [0.5, 0.6) is 0 Å². The molecule has 5 fully saturated rings. The van der Waals surface area contributed by atoms with Crippen molar-refractivity contribution in [3.63, 3.8) is 0 Å². The smallest absolute Gasteiger partial charge is 0.338 e. The van der Waals surface area contributed by atoms with Crippen LogP contribution in [0.4, 0.5) is 0 Å². The van der Waals surface area contributed by atoms with Gasteiger partial charge in [0.25, 0.3) is 5.91 Å². The first kappa shape index (κ1) is 55.8. The van der Waals surface area contributed by atoms with Crippen LogP contribution in [0, 0.1) is 16.7 Å². The van der Waals surface area contributed by atoms with Gasteiger partial charge < -0.3 is 63.3 Å². The fourth-order valence-electron chi connectivity index (χ4n) is 12.9. The van der Waals surface area contributed by atoms with Crippen LogP contribution < -0.4 is 5.32 Å². The van der Waals surface area contributed by atoms with Gasteiger partial charge in [-0.2, -0.15) is 0 Å². The van der Waals surface area contributed by atoms with Gasteiger partial charge in [-0.25, -0.2) is 9.59 Å². The number of aliphatic hydroxyl groups is 3. The number of amides is 1. The molecule has 0 spiro atoms. The van der Waals surface area contributed by atoms with Gasteiger partial charge in [0.1, 0.15) is 42.2 Å². The summed E-state index contributed by atoms with van der Waals surface area (Å²) >= 11 is 0. The second-order valence-electron chi connectivity index (χ2n) is 22.0. The zero-order valence-corrected chi connectivity index (χ0v) is 44.5. The molecule has 0 aromatic heterocycles. The van der Waals surface area contributed by atoms with E-state index in [1.54, 1.807) is 126 Å². The molecule has 9 rings (SSSR count). The summed E-state index contributed by atoms with van der Waals surface area (Å²) in [6.45, 7) is 9.84. The number of Topliss-reactive ketones (excluding diaryl/α,β-unsaturated/α-hetero) is 1. The zero-order valence-electron chi connectivity index (χ0n) is 44.5. The fourth-order valence-corrected chi connectivity index (χ4v) is 12.9. The molecule has 0 radical (unpaired) electrons. The molecule has 3 aliphatic heterocycles. The first-order valence-electron chi connectivity index (χ1n) is 25.9. The molecule has 4 N–H and O–H groups in total. The lowest BCUT2D eigenvalue weighted by atomic mass is 9.44.